The Morgan fingerprint density at radius 1 is 1.13 bits per heavy atom. The van der Waals surface area contributed by atoms with Crippen molar-refractivity contribution in [1.29, 1.82) is 0 Å². The van der Waals surface area contributed by atoms with E-state index in [9.17, 15) is 5.11 Å². The molecule has 2 aliphatic rings. The normalized spacial score (nSPS) is 29.9. The molecule has 0 unspecified atom stereocenters. The lowest BCUT2D eigenvalue weighted by molar-refractivity contribution is 0.00578. The summed E-state index contributed by atoms with van der Waals surface area (Å²) in [5.74, 6) is 1.16. The summed E-state index contributed by atoms with van der Waals surface area (Å²) in [6.45, 7) is 9.54. The first-order valence-corrected chi connectivity index (χ1v) is 8.79. The summed E-state index contributed by atoms with van der Waals surface area (Å²) >= 11 is 0. The number of aliphatic hydroxyl groups is 1. The Morgan fingerprint density at radius 2 is 1.70 bits per heavy atom. The summed E-state index contributed by atoms with van der Waals surface area (Å²) in [5.41, 5.74) is 0.359. The van der Waals surface area contributed by atoms with Crippen LogP contribution in [0.15, 0.2) is 12.4 Å². The molecule has 1 N–H and O–H groups in total. The second-order valence-corrected chi connectivity index (χ2v) is 8.15. The van der Waals surface area contributed by atoms with Crippen LogP contribution in [0.2, 0.25) is 0 Å². The molecular formula is C17H29BN2O3. The van der Waals surface area contributed by atoms with Crippen LogP contribution in [-0.4, -0.2) is 39.8 Å². The van der Waals surface area contributed by atoms with Gasteiger partial charge < -0.3 is 14.4 Å². The van der Waals surface area contributed by atoms with Crippen LogP contribution in [0.1, 0.15) is 53.4 Å². The van der Waals surface area contributed by atoms with Crippen molar-refractivity contribution < 1.29 is 14.4 Å². The van der Waals surface area contributed by atoms with Crippen LogP contribution in [0, 0.1) is 11.8 Å². The van der Waals surface area contributed by atoms with E-state index < -0.39 is 0 Å². The third-order valence-electron chi connectivity index (χ3n) is 5.85. The molecule has 0 bridgehead atoms. The fourth-order valence-corrected chi connectivity index (χ4v) is 3.44. The summed E-state index contributed by atoms with van der Waals surface area (Å²) in [7, 11) is -0.334. The van der Waals surface area contributed by atoms with Gasteiger partial charge in [-0.25, -0.2) is 0 Å². The molecule has 2 heterocycles. The quantitative estimate of drug-likeness (QED) is 0.862. The highest BCUT2D eigenvalue weighted by Crippen LogP contribution is 2.36. The Kier molecular flexibility index (Phi) is 4.60. The molecule has 1 saturated carbocycles. The number of aromatic nitrogens is 2. The molecule has 0 radical (unpaired) electrons. The average molecular weight is 320 g/mol. The van der Waals surface area contributed by atoms with Gasteiger partial charge >= 0.3 is 7.12 Å². The first kappa shape index (κ1) is 17.0. The van der Waals surface area contributed by atoms with E-state index in [0.29, 0.717) is 18.4 Å². The van der Waals surface area contributed by atoms with Crippen molar-refractivity contribution in [3.63, 3.8) is 0 Å². The molecule has 1 aliphatic heterocycles. The molecule has 1 aromatic rings. The average Bonchev–Trinajstić information content (AvgIpc) is 3.03. The van der Waals surface area contributed by atoms with E-state index in [-0.39, 0.29) is 18.3 Å². The van der Waals surface area contributed by atoms with Crippen molar-refractivity contribution in [3.05, 3.63) is 12.4 Å². The van der Waals surface area contributed by atoms with Crippen molar-refractivity contribution >= 4 is 12.6 Å². The SMILES string of the molecule is CC1(C)OB(c2cnn(C[C@H]3CC[C@H](CO)CC3)c2)OC1(C)C. The lowest BCUT2D eigenvalue weighted by Gasteiger charge is -2.32. The molecule has 3 rings (SSSR count). The second kappa shape index (κ2) is 6.23. The van der Waals surface area contributed by atoms with Gasteiger partial charge in [0.15, 0.2) is 0 Å². The highest BCUT2D eigenvalue weighted by molar-refractivity contribution is 6.61. The standard InChI is InChI=1S/C17H29BN2O3/c1-16(2)17(3,4)23-18(22-16)15-9-19-20(11-15)10-13-5-7-14(12-21)8-6-13/h9,11,13-14,21H,5-8,10,12H2,1-4H3/t13-,14-. The van der Waals surface area contributed by atoms with Gasteiger partial charge in [-0.2, -0.15) is 5.10 Å². The van der Waals surface area contributed by atoms with E-state index in [1.54, 1.807) is 0 Å². The van der Waals surface area contributed by atoms with Crippen molar-refractivity contribution in [3.8, 4) is 0 Å². The lowest BCUT2D eigenvalue weighted by atomic mass is 9.81. The summed E-state index contributed by atoms with van der Waals surface area (Å²) < 4.78 is 14.2. The second-order valence-electron chi connectivity index (χ2n) is 8.15. The van der Waals surface area contributed by atoms with Crippen molar-refractivity contribution in [2.75, 3.05) is 6.61 Å². The van der Waals surface area contributed by atoms with Crippen LogP contribution in [0.5, 0.6) is 0 Å². The largest absolute Gasteiger partial charge is 0.498 e. The van der Waals surface area contributed by atoms with Gasteiger partial charge in [0.2, 0.25) is 0 Å². The number of nitrogens with zero attached hydrogens (tertiary/aromatic N) is 2. The van der Waals surface area contributed by atoms with Crippen LogP contribution >= 0.6 is 0 Å². The van der Waals surface area contributed by atoms with Gasteiger partial charge in [-0.15, -0.1) is 0 Å². The number of hydrogen-bond acceptors (Lipinski definition) is 4. The van der Waals surface area contributed by atoms with E-state index in [2.05, 4.69) is 39.0 Å². The minimum Gasteiger partial charge on any atom is -0.399 e. The van der Waals surface area contributed by atoms with Gasteiger partial charge in [-0.05, 0) is 65.2 Å². The van der Waals surface area contributed by atoms with E-state index in [4.69, 9.17) is 9.31 Å². The molecule has 23 heavy (non-hydrogen) atoms. The summed E-state index contributed by atoms with van der Waals surface area (Å²) in [6.07, 6.45) is 8.54. The molecule has 6 heteroatoms. The van der Waals surface area contributed by atoms with Crippen LogP contribution in [0.4, 0.5) is 0 Å². The van der Waals surface area contributed by atoms with Crippen molar-refractivity contribution in [1.82, 2.24) is 9.78 Å². The predicted molar refractivity (Wildman–Crippen MR) is 90.5 cm³/mol. The van der Waals surface area contributed by atoms with E-state index in [1.807, 2.05) is 10.9 Å². The Morgan fingerprint density at radius 3 is 2.26 bits per heavy atom. The van der Waals surface area contributed by atoms with E-state index in [0.717, 1.165) is 24.8 Å². The van der Waals surface area contributed by atoms with Crippen molar-refractivity contribution in [2.45, 2.75) is 71.1 Å². The first-order valence-electron chi connectivity index (χ1n) is 8.79. The molecule has 0 atom stereocenters. The van der Waals surface area contributed by atoms with Crippen LogP contribution in [0.3, 0.4) is 0 Å². The minimum absolute atomic E-state index is 0.317. The van der Waals surface area contributed by atoms with Gasteiger partial charge in [-0.3, -0.25) is 4.68 Å². The maximum atomic E-state index is 9.23. The minimum atomic E-state index is -0.334. The molecule has 2 fully saturated rings. The van der Waals surface area contributed by atoms with E-state index >= 15 is 0 Å². The maximum Gasteiger partial charge on any atom is 0.498 e. The Hall–Kier alpha value is -0.845. The van der Waals surface area contributed by atoms with Gasteiger partial charge in [0.1, 0.15) is 0 Å². The third-order valence-corrected chi connectivity index (χ3v) is 5.85. The fourth-order valence-electron chi connectivity index (χ4n) is 3.44. The smallest absolute Gasteiger partial charge is 0.399 e. The topological polar surface area (TPSA) is 56.5 Å². The molecule has 0 spiro atoms. The zero-order chi connectivity index (χ0) is 16.7. The van der Waals surface area contributed by atoms with Crippen LogP contribution in [0.25, 0.3) is 0 Å². The zero-order valence-corrected chi connectivity index (χ0v) is 14.8. The zero-order valence-electron chi connectivity index (χ0n) is 14.8. The predicted octanol–water partition coefficient (Wildman–Crippen LogP) is 1.98. The Bertz CT molecular complexity index is 520. The lowest BCUT2D eigenvalue weighted by Crippen LogP contribution is -2.41. The first-order chi connectivity index (χ1) is 10.8. The van der Waals surface area contributed by atoms with Gasteiger partial charge in [0.25, 0.3) is 0 Å². The molecule has 0 aromatic carbocycles. The monoisotopic (exact) mass is 320 g/mol. The molecule has 1 saturated heterocycles. The Balaban J connectivity index is 1.59. The molecule has 1 aliphatic carbocycles. The van der Waals surface area contributed by atoms with Crippen LogP contribution in [-0.2, 0) is 15.9 Å². The summed E-state index contributed by atoms with van der Waals surface area (Å²) in [4.78, 5) is 0. The number of hydrogen-bond donors (Lipinski definition) is 1. The molecular weight excluding hydrogens is 291 g/mol. The molecule has 5 nitrogen and oxygen atoms in total. The number of aliphatic hydroxyl groups excluding tert-OH is 1. The van der Waals surface area contributed by atoms with Gasteiger partial charge in [0, 0.05) is 31.0 Å². The fraction of sp³-hybridized carbons (Fsp3) is 0.824. The van der Waals surface area contributed by atoms with Crippen molar-refractivity contribution in [2.24, 2.45) is 11.8 Å². The highest BCUT2D eigenvalue weighted by Gasteiger charge is 2.52. The number of rotatable bonds is 4. The van der Waals surface area contributed by atoms with Gasteiger partial charge in [-0.1, -0.05) is 0 Å². The third kappa shape index (κ3) is 3.49. The summed E-state index contributed by atoms with van der Waals surface area (Å²) in [5, 5.41) is 13.7. The molecule has 128 valence electrons. The maximum absolute atomic E-state index is 9.23. The molecule has 1 aromatic heterocycles. The van der Waals surface area contributed by atoms with E-state index in [1.165, 1.54) is 12.8 Å². The van der Waals surface area contributed by atoms with Crippen LogP contribution < -0.4 is 5.46 Å². The summed E-state index contributed by atoms with van der Waals surface area (Å²) in [6, 6.07) is 0. The van der Waals surface area contributed by atoms with Gasteiger partial charge in [0.05, 0.1) is 11.2 Å². The molecule has 0 amide bonds. The Labute approximate surface area is 139 Å². The highest BCUT2D eigenvalue weighted by atomic mass is 16.7.